The largest absolute Gasteiger partial charge is 0.353 e. The van der Waals surface area contributed by atoms with Crippen molar-refractivity contribution in [2.45, 2.75) is 71.5 Å². The minimum absolute atomic E-state index is 0.0400. The van der Waals surface area contributed by atoms with Crippen molar-refractivity contribution >= 4 is 0 Å². The van der Waals surface area contributed by atoms with E-state index in [1.165, 1.54) is 44.9 Å². The minimum atomic E-state index is 0.0400. The van der Waals surface area contributed by atoms with Gasteiger partial charge < -0.3 is 9.47 Å². The molecule has 0 aliphatic heterocycles. The molecule has 1 rings (SSSR count). The second-order valence-corrected chi connectivity index (χ2v) is 4.78. The topological polar surface area (TPSA) is 18.5 Å². The molecule has 2 nitrogen and oxygen atoms in total. The van der Waals surface area contributed by atoms with Crippen molar-refractivity contribution in [1.29, 1.82) is 0 Å². The van der Waals surface area contributed by atoms with Crippen LogP contribution in [0.5, 0.6) is 0 Å². The lowest BCUT2D eigenvalue weighted by atomic mass is 9.95. The van der Waals surface area contributed by atoms with Crippen molar-refractivity contribution in [1.82, 2.24) is 0 Å². The molecule has 16 heavy (non-hydrogen) atoms. The van der Waals surface area contributed by atoms with Crippen LogP contribution in [0.25, 0.3) is 0 Å². The van der Waals surface area contributed by atoms with E-state index in [4.69, 9.17) is 9.47 Å². The quantitative estimate of drug-likeness (QED) is 0.481. The highest BCUT2D eigenvalue weighted by Crippen LogP contribution is 2.27. The second-order valence-electron chi connectivity index (χ2n) is 4.78. The normalized spacial score (nSPS) is 18.9. The standard InChI is InChI=1S/C14H28O2/c1-3-15-14(16-4-2)12-11-13-9-7-5-6-8-10-13/h13-14H,3-12H2,1-2H3. The van der Waals surface area contributed by atoms with Gasteiger partial charge in [-0.1, -0.05) is 38.5 Å². The van der Waals surface area contributed by atoms with E-state index in [1.807, 2.05) is 13.8 Å². The predicted molar refractivity (Wildman–Crippen MR) is 67.5 cm³/mol. The van der Waals surface area contributed by atoms with Gasteiger partial charge in [-0.25, -0.2) is 0 Å². The molecule has 0 N–H and O–H groups in total. The molecule has 0 radical (unpaired) electrons. The summed E-state index contributed by atoms with van der Waals surface area (Å²) in [6.07, 6.45) is 11.0. The lowest BCUT2D eigenvalue weighted by molar-refractivity contribution is -0.141. The van der Waals surface area contributed by atoms with Gasteiger partial charge in [-0.3, -0.25) is 0 Å². The molecule has 0 aromatic rings. The van der Waals surface area contributed by atoms with E-state index in [-0.39, 0.29) is 6.29 Å². The first-order valence-corrected chi connectivity index (χ1v) is 7.10. The molecule has 96 valence electrons. The fraction of sp³-hybridized carbons (Fsp3) is 1.00. The highest BCUT2D eigenvalue weighted by atomic mass is 16.7. The molecule has 1 fully saturated rings. The highest BCUT2D eigenvalue weighted by Gasteiger charge is 2.15. The molecular weight excluding hydrogens is 200 g/mol. The van der Waals surface area contributed by atoms with Gasteiger partial charge in [0.15, 0.2) is 6.29 Å². The van der Waals surface area contributed by atoms with Crippen molar-refractivity contribution in [3.63, 3.8) is 0 Å². The molecule has 0 unspecified atom stereocenters. The van der Waals surface area contributed by atoms with Crippen LogP contribution >= 0.6 is 0 Å². The Bertz CT molecular complexity index is 143. The van der Waals surface area contributed by atoms with Crippen LogP contribution in [-0.4, -0.2) is 19.5 Å². The number of hydrogen-bond acceptors (Lipinski definition) is 2. The smallest absolute Gasteiger partial charge is 0.157 e. The van der Waals surface area contributed by atoms with Gasteiger partial charge in [0.2, 0.25) is 0 Å². The van der Waals surface area contributed by atoms with Gasteiger partial charge in [0.1, 0.15) is 0 Å². The van der Waals surface area contributed by atoms with Crippen LogP contribution in [-0.2, 0) is 9.47 Å². The maximum atomic E-state index is 5.58. The van der Waals surface area contributed by atoms with Crippen LogP contribution in [0, 0.1) is 5.92 Å². The third-order valence-electron chi connectivity index (χ3n) is 3.49. The van der Waals surface area contributed by atoms with Crippen LogP contribution in [0.4, 0.5) is 0 Å². The third-order valence-corrected chi connectivity index (χ3v) is 3.49. The van der Waals surface area contributed by atoms with E-state index in [9.17, 15) is 0 Å². The Balaban J connectivity index is 2.18. The summed E-state index contributed by atoms with van der Waals surface area (Å²) in [5.41, 5.74) is 0. The van der Waals surface area contributed by atoms with Crippen LogP contribution in [0.1, 0.15) is 65.2 Å². The second kappa shape index (κ2) is 9.00. The van der Waals surface area contributed by atoms with Gasteiger partial charge >= 0.3 is 0 Å². The molecule has 0 heterocycles. The Morgan fingerprint density at radius 3 is 2.00 bits per heavy atom. The summed E-state index contributed by atoms with van der Waals surface area (Å²) in [5, 5.41) is 0. The molecule has 0 amide bonds. The lowest BCUT2D eigenvalue weighted by Gasteiger charge is -2.20. The molecular formula is C14H28O2. The van der Waals surface area contributed by atoms with Gasteiger partial charge in [-0.2, -0.15) is 0 Å². The van der Waals surface area contributed by atoms with E-state index < -0.39 is 0 Å². The van der Waals surface area contributed by atoms with Crippen LogP contribution < -0.4 is 0 Å². The van der Waals surface area contributed by atoms with Crippen LogP contribution in [0.3, 0.4) is 0 Å². The average molecular weight is 228 g/mol. The van der Waals surface area contributed by atoms with Crippen molar-refractivity contribution < 1.29 is 9.47 Å². The van der Waals surface area contributed by atoms with Crippen molar-refractivity contribution in [3.05, 3.63) is 0 Å². The lowest BCUT2D eigenvalue weighted by Crippen LogP contribution is -2.18. The molecule has 0 atom stereocenters. The van der Waals surface area contributed by atoms with Gasteiger partial charge in [0.25, 0.3) is 0 Å². The first kappa shape index (κ1) is 14.0. The summed E-state index contributed by atoms with van der Waals surface area (Å²) >= 11 is 0. The van der Waals surface area contributed by atoms with Gasteiger partial charge in [0.05, 0.1) is 0 Å². The molecule has 0 bridgehead atoms. The number of ether oxygens (including phenoxy) is 2. The maximum Gasteiger partial charge on any atom is 0.157 e. The Labute approximate surface area is 101 Å². The van der Waals surface area contributed by atoms with Gasteiger partial charge in [-0.15, -0.1) is 0 Å². The molecule has 0 aromatic heterocycles. The molecule has 0 spiro atoms. The number of hydrogen-bond donors (Lipinski definition) is 0. The maximum absolute atomic E-state index is 5.58. The fourth-order valence-corrected chi connectivity index (χ4v) is 2.61. The molecule has 1 saturated carbocycles. The Morgan fingerprint density at radius 1 is 0.938 bits per heavy atom. The van der Waals surface area contributed by atoms with Crippen LogP contribution in [0.2, 0.25) is 0 Å². The fourth-order valence-electron chi connectivity index (χ4n) is 2.61. The highest BCUT2D eigenvalue weighted by molar-refractivity contribution is 4.65. The summed E-state index contributed by atoms with van der Waals surface area (Å²) in [7, 11) is 0. The SMILES string of the molecule is CCOC(CCC1CCCCCC1)OCC. The van der Waals surface area contributed by atoms with Crippen molar-refractivity contribution in [2.75, 3.05) is 13.2 Å². The average Bonchev–Trinajstić information content (AvgIpc) is 2.55. The molecule has 0 saturated heterocycles. The van der Waals surface area contributed by atoms with E-state index in [0.29, 0.717) is 0 Å². The Morgan fingerprint density at radius 2 is 1.50 bits per heavy atom. The van der Waals surface area contributed by atoms with E-state index in [2.05, 4.69) is 0 Å². The Kier molecular flexibility index (Phi) is 7.87. The third kappa shape index (κ3) is 5.86. The van der Waals surface area contributed by atoms with E-state index in [0.717, 1.165) is 25.6 Å². The summed E-state index contributed by atoms with van der Waals surface area (Å²) in [4.78, 5) is 0. The summed E-state index contributed by atoms with van der Waals surface area (Å²) in [5.74, 6) is 0.922. The van der Waals surface area contributed by atoms with Gasteiger partial charge in [0, 0.05) is 13.2 Å². The minimum Gasteiger partial charge on any atom is -0.353 e. The van der Waals surface area contributed by atoms with E-state index in [1.54, 1.807) is 0 Å². The molecule has 1 aliphatic carbocycles. The van der Waals surface area contributed by atoms with Crippen molar-refractivity contribution in [3.8, 4) is 0 Å². The van der Waals surface area contributed by atoms with Gasteiger partial charge in [-0.05, 0) is 32.6 Å². The first-order chi connectivity index (χ1) is 7.86. The summed E-state index contributed by atoms with van der Waals surface area (Å²) < 4.78 is 11.2. The molecule has 0 aromatic carbocycles. The Hall–Kier alpha value is -0.0800. The zero-order valence-electron chi connectivity index (χ0n) is 11.0. The molecule has 1 aliphatic rings. The first-order valence-electron chi connectivity index (χ1n) is 7.10. The zero-order chi connectivity index (χ0) is 11.6. The summed E-state index contributed by atoms with van der Waals surface area (Å²) in [6, 6.07) is 0. The van der Waals surface area contributed by atoms with Crippen molar-refractivity contribution in [2.24, 2.45) is 5.92 Å². The monoisotopic (exact) mass is 228 g/mol. The summed E-state index contributed by atoms with van der Waals surface area (Å²) in [6.45, 7) is 5.60. The van der Waals surface area contributed by atoms with E-state index >= 15 is 0 Å². The number of rotatable bonds is 7. The zero-order valence-corrected chi connectivity index (χ0v) is 11.0. The predicted octanol–water partition coefficient (Wildman–Crippen LogP) is 4.14. The van der Waals surface area contributed by atoms with Crippen LogP contribution in [0.15, 0.2) is 0 Å². The molecule has 2 heteroatoms.